The molecule has 33 heavy (non-hydrogen) atoms. The highest BCUT2D eigenvalue weighted by atomic mass is 16.5. The van der Waals surface area contributed by atoms with E-state index in [2.05, 4.69) is 38.2 Å². The molecule has 2 rings (SSSR count). The van der Waals surface area contributed by atoms with E-state index < -0.39 is 5.91 Å². The summed E-state index contributed by atoms with van der Waals surface area (Å²) in [6, 6.07) is 14.4. The summed E-state index contributed by atoms with van der Waals surface area (Å²) < 4.78 is 5.76. The molecule has 0 aliphatic rings. The van der Waals surface area contributed by atoms with Gasteiger partial charge in [-0.1, -0.05) is 32.9 Å². The van der Waals surface area contributed by atoms with Crippen molar-refractivity contribution >= 4 is 23.4 Å². The molecule has 0 spiro atoms. The Morgan fingerprint density at radius 1 is 0.970 bits per heavy atom. The van der Waals surface area contributed by atoms with Crippen molar-refractivity contribution in [3.63, 3.8) is 0 Å². The number of carbonyl (C=O) groups is 3. The largest absolute Gasteiger partial charge is 0.494 e. The lowest BCUT2D eigenvalue weighted by Gasteiger charge is -2.21. The van der Waals surface area contributed by atoms with E-state index in [1.54, 1.807) is 29.2 Å². The van der Waals surface area contributed by atoms with Gasteiger partial charge in [0.05, 0.1) is 6.61 Å². The summed E-state index contributed by atoms with van der Waals surface area (Å²) in [5.41, 5.74) is 7.51. The molecule has 7 nitrogen and oxygen atoms in total. The molecule has 0 unspecified atom stereocenters. The van der Waals surface area contributed by atoms with Crippen LogP contribution in [-0.2, 0) is 15.0 Å². The fourth-order valence-electron chi connectivity index (χ4n) is 3.26. The maximum Gasteiger partial charge on any atom is 0.248 e. The van der Waals surface area contributed by atoms with Crippen LogP contribution >= 0.6 is 0 Å². The number of hydrogen-bond acceptors (Lipinski definition) is 4. The van der Waals surface area contributed by atoms with Gasteiger partial charge in [-0.2, -0.15) is 0 Å². The summed E-state index contributed by atoms with van der Waals surface area (Å²) in [4.78, 5) is 37.5. The molecule has 2 aromatic carbocycles. The second-order valence-electron chi connectivity index (χ2n) is 8.94. The van der Waals surface area contributed by atoms with Crippen molar-refractivity contribution in [2.45, 2.75) is 52.4 Å². The number of nitrogens with two attached hydrogens (primary N) is 1. The zero-order chi connectivity index (χ0) is 24.4. The highest BCUT2D eigenvalue weighted by Gasteiger charge is 2.15. The summed E-state index contributed by atoms with van der Waals surface area (Å²) in [5.74, 6) is 0.0788. The predicted octanol–water partition coefficient (Wildman–Crippen LogP) is 4.12. The Morgan fingerprint density at radius 2 is 1.61 bits per heavy atom. The summed E-state index contributed by atoms with van der Waals surface area (Å²) >= 11 is 0. The SMILES string of the molecule is CCN(CCC(=O)Nc1ccc(C(N)=O)cc1)C(=O)CCCOc1ccc(C(C)(C)C)cc1. The Bertz CT molecular complexity index is 932. The highest BCUT2D eigenvalue weighted by molar-refractivity contribution is 5.94. The maximum absolute atomic E-state index is 12.5. The number of primary amides is 1. The van der Waals surface area contributed by atoms with Crippen LogP contribution in [0, 0.1) is 0 Å². The first-order valence-corrected chi connectivity index (χ1v) is 11.3. The average molecular weight is 454 g/mol. The van der Waals surface area contributed by atoms with E-state index in [0.717, 1.165) is 5.75 Å². The molecule has 7 heteroatoms. The minimum Gasteiger partial charge on any atom is -0.494 e. The van der Waals surface area contributed by atoms with Gasteiger partial charge in [0.25, 0.3) is 0 Å². The fourth-order valence-corrected chi connectivity index (χ4v) is 3.26. The van der Waals surface area contributed by atoms with E-state index in [-0.39, 0.29) is 23.7 Å². The van der Waals surface area contributed by atoms with Gasteiger partial charge in [-0.05, 0) is 60.7 Å². The molecule has 0 fully saturated rings. The second-order valence-corrected chi connectivity index (χ2v) is 8.94. The Balaban J connectivity index is 1.71. The van der Waals surface area contributed by atoms with Gasteiger partial charge in [0.2, 0.25) is 17.7 Å². The molecule has 0 aromatic heterocycles. The summed E-state index contributed by atoms with van der Waals surface area (Å²) in [7, 11) is 0. The van der Waals surface area contributed by atoms with Crippen LogP contribution in [-0.4, -0.2) is 42.3 Å². The minimum absolute atomic E-state index is 0.00258. The van der Waals surface area contributed by atoms with Crippen molar-refractivity contribution in [3.05, 3.63) is 59.7 Å². The van der Waals surface area contributed by atoms with Crippen molar-refractivity contribution in [1.82, 2.24) is 4.90 Å². The molecule has 0 saturated carbocycles. The lowest BCUT2D eigenvalue weighted by molar-refractivity contribution is -0.131. The molecular formula is C26H35N3O4. The first-order valence-electron chi connectivity index (χ1n) is 11.3. The number of anilines is 1. The predicted molar refractivity (Wildman–Crippen MR) is 130 cm³/mol. The third kappa shape index (κ3) is 8.60. The quantitative estimate of drug-likeness (QED) is 0.500. The van der Waals surface area contributed by atoms with Crippen molar-refractivity contribution < 1.29 is 19.1 Å². The molecule has 0 heterocycles. The first-order chi connectivity index (χ1) is 15.6. The smallest absolute Gasteiger partial charge is 0.248 e. The Kier molecular flexibility index (Phi) is 9.45. The number of ether oxygens (including phenoxy) is 1. The molecule has 0 aliphatic heterocycles. The molecule has 3 amide bonds. The van der Waals surface area contributed by atoms with Gasteiger partial charge < -0.3 is 20.7 Å². The van der Waals surface area contributed by atoms with Gasteiger partial charge in [-0.3, -0.25) is 14.4 Å². The zero-order valence-electron chi connectivity index (χ0n) is 20.0. The van der Waals surface area contributed by atoms with Crippen LogP contribution in [0.4, 0.5) is 5.69 Å². The van der Waals surface area contributed by atoms with Crippen LogP contribution in [0.2, 0.25) is 0 Å². The van der Waals surface area contributed by atoms with Crippen molar-refractivity contribution in [2.24, 2.45) is 5.73 Å². The fraction of sp³-hybridized carbons (Fsp3) is 0.423. The van der Waals surface area contributed by atoms with Crippen LogP contribution in [0.15, 0.2) is 48.5 Å². The molecule has 0 radical (unpaired) electrons. The number of nitrogens with zero attached hydrogens (tertiary/aromatic N) is 1. The number of rotatable bonds is 11. The average Bonchev–Trinajstić information content (AvgIpc) is 2.77. The van der Waals surface area contributed by atoms with E-state index in [9.17, 15) is 14.4 Å². The number of carbonyl (C=O) groups excluding carboxylic acids is 3. The standard InChI is InChI=1S/C26H35N3O4/c1-5-29(17-16-23(30)28-21-12-8-19(9-13-21)25(27)32)24(31)7-6-18-33-22-14-10-20(11-15-22)26(2,3)4/h8-15H,5-7,16-18H2,1-4H3,(H2,27,32)(H,28,30). The molecule has 2 aromatic rings. The Hall–Kier alpha value is -3.35. The van der Waals surface area contributed by atoms with E-state index in [1.807, 2.05) is 19.1 Å². The van der Waals surface area contributed by atoms with Crippen molar-refractivity contribution in [3.8, 4) is 5.75 Å². The van der Waals surface area contributed by atoms with Crippen LogP contribution in [0.3, 0.4) is 0 Å². The van der Waals surface area contributed by atoms with Gasteiger partial charge in [0, 0.05) is 37.2 Å². The van der Waals surface area contributed by atoms with Crippen LogP contribution in [0.5, 0.6) is 5.75 Å². The molecule has 0 saturated heterocycles. The molecule has 3 N–H and O–H groups in total. The lowest BCUT2D eigenvalue weighted by atomic mass is 9.87. The number of benzene rings is 2. The van der Waals surface area contributed by atoms with Gasteiger partial charge >= 0.3 is 0 Å². The minimum atomic E-state index is -0.520. The molecule has 178 valence electrons. The van der Waals surface area contributed by atoms with Crippen molar-refractivity contribution in [1.29, 1.82) is 0 Å². The summed E-state index contributed by atoms with van der Waals surface area (Å²) in [6.45, 7) is 9.73. The van der Waals surface area contributed by atoms with Gasteiger partial charge in [0.1, 0.15) is 5.75 Å². The van der Waals surface area contributed by atoms with Crippen LogP contribution < -0.4 is 15.8 Å². The van der Waals surface area contributed by atoms with Crippen LogP contribution in [0.25, 0.3) is 0 Å². The zero-order valence-corrected chi connectivity index (χ0v) is 20.0. The van der Waals surface area contributed by atoms with E-state index in [4.69, 9.17) is 10.5 Å². The normalized spacial score (nSPS) is 11.0. The van der Waals surface area contributed by atoms with Gasteiger partial charge in [-0.15, -0.1) is 0 Å². The van der Waals surface area contributed by atoms with Gasteiger partial charge in [-0.25, -0.2) is 0 Å². The lowest BCUT2D eigenvalue weighted by Crippen LogP contribution is -2.33. The highest BCUT2D eigenvalue weighted by Crippen LogP contribution is 2.24. The third-order valence-electron chi connectivity index (χ3n) is 5.32. The monoisotopic (exact) mass is 453 g/mol. The molecule has 0 atom stereocenters. The third-order valence-corrected chi connectivity index (χ3v) is 5.32. The van der Waals surface area contributed by atoms with Crippen molar-refractivity contribution in [2.75, 3.05) is 25.0 Å². The summed E-state index contributed by atoms with van der Waals surface area (Å²) in [5, 5.41) is 2.76. The number of hydrogen-bond donors (Lipinski definition) is 2. The maximum atomic E-state index is 12.5. The van der Waals surface area contributed by atoms with E-state index in [1.165, 1.54) is 5.56 Å². The topological polar surface area (TPSA) is 102 Å². The Morgan fingerprint density at radius 3 is 2.15 bits per heavy atom. The molecular weight excluding hydrogens is 418 g/mol. The van der Waals surface area contributed by atoms with Crippen LogP contribution in [0.1, 0.15) is 62.9 Å². The number of nitrogens with one attached hydrogen (secondary N) is 1. The molecule has 0 bridgehead atoms. The van der Waals surface area contributed by atoms with Gasteiger partial charge in [0.15, 0.2) is 0 Å². The first kappa shape index (κ1) is 25.9. The van der Waals surface area contributed by atoms with E-state index >= 15 is 0 Å². The number of amides is 3. The Labute approximate surface area is 196 Å². The second kappa shape index (κ2) is 12.0. The summed E-state index contributed by atoms with van der Waals surface area (Å²) in [6.07, 6.45) is 1.16. The van der Waals surface area contributed by atoms with E-state index in [0.29, 0.717) is 43.8 Å². The molecule has 0 aliphatic carbocycles.